The molecule has 0 saturated carbocycles. The fraction of sp³-hybridized carbons (Fsp3) is 0.286. The van der Waals surface area contributed by atoms with Gasteiger partial charge in [0.25, 0.3) is 0 Å². The molecule has 25 heavy (non-hydrogen) atoms. The molecule has 128 valence electrons. The third kappa shape index (κ3) is 2.88. The predicted molar refractivity (Wildman–Crippen MR) is 99.1 cm³/mol. The van der Waals surface area contributed by atoms with Gasteiger partial charge in [-0.25, -0.2) is 4.98 Å². The normalized spacial score (nSPS) is 13.4. The number of aromatic nitrogens is 2. The molecular weight excluding hydrogens is 312 g/mol. The molecule has 0 aliphatic carbocycles. The van der Waals surface area contributed by atoms with E-state index in [0.29, 0.717) is 0 Å². The van der Waals surface area contributed by atoms with Crippen molar-refractivity contribution in [1.82, 2.24) is 9.55 Å². The fourth-order valence-electron chi connectivity index (χ4n) is 3.48. The van der Waals surface area contributed by atoms with Gasteiger partial charge in [-0.2, -0.15) is 0 Å². The molecular formula is C21H22N2O2. The van der Waals surface area contributed by atoms with Crippen LogP contribution in [0.5, 0.6) is 11.5 Å². The lowest BCUT2D eigenvalue weighted by Crippen LogP contribution is -2.11. The van der Waals surface area contributed by atoms with Crippen LogP contribution in [0, 0.1) is 0 Å². The van der Waals surface area contributed by atoms with Gasteiger partial charge in [0, 0.05) is 24.1 Å². The van der Waals surface area contributed by atoms with Gasteiger partial charge in [-0.1, -0.05) is 0 Å². The average molecular weight is 334 g/mol. The number of ether oxygens (including phenoxy) is 2. The van der Waals surface area contributed by atoms with Crippen molar-refractivity contribution >= 4 is 0 Å². The van der Waals surface area contributed by atoms with Crippen LogP contribution in [0.4, 0.5) is 0 Å². The van der Waals surface area contributed by atoms with Crippen LogP contribution in [0.2, 0.25) is 0 Å². The molecule has 1 aliphatic heterocycles. The standard InChI is InChI=1S/C21H22N2O2/c1-24-17-10-6-15(7-11-17)20-21(16-8-12-18(25-2)13-9-16)23-14-4-3-5-19(23)22-20/h6-13H,3-5,14H2,1-2H3. The summed E-state index contributed by atoms with van der Waals surface area (Å²) in [6.45, 7) is 1.03. The zero-order valence-corrected chi connectivity index (χ0v) is 14.7. The highest BCUT2D eigenvalue weighted by Gasteiger charge is 2.22. The minimum atomic E-state index is 0.860. The van der Waals surface area contributed by atoms with E-state index in [-0.39, 0.29) is 0 Å². The molecule has 0 radical (unpaired) electrons. The lowest BCUT2D eigenvalue weighted by Gasteiger charge is -2.17. The first-order valence-electron chi connectivity index (χ1n) is 8.68. The van der Waals surface area contributed by atoms with E-state index in [4.69, 9.17) is 14.5 Å². The van der Waals surface area contributed by atoms with Crippen molar-refractivity contribution in [3.63, 3.8) is 0 Å². The van der Waals surface area contributed by atoms with Gasteiger partial charge < -0.3 is 14.0 Å². The lowest BCUT2D eigenvalue weighted by atomic mass is 10.0. The van der Waals surface area contributed by atoms with Gasteiger partial charge in [0.2, 0.25) is 0 Å². The highest BCUT2D eigenvalue weighted by Crippen LogP contribution is 2.36. The van der Waals surface area contributed by atoms with E-state index in [9.17, 15) is 0 Å². The first kappa shape index (κ1) is 15.8. The Kier molecular flexibility index (Phi) is 4.18. The van der Waals surface area contributed by atoms with Crippen molar-refractivity contribution in [1.29, 1.82) is 0 Å². The third-order valence-electron chi connectivity index (χ3n) is 4.81. The predicted octanol–water partition coefficient (Wildman–Crippen LogP) is 4.57. The summed E-state index contributed by atoms with van der Waals surface area (Å²) in [5.41, 5.74) is 4.54. The van der Waals surface area contributed by atoms with E-state index in [0.717, 1.165) is 35.7 Å². The molecule has 0 fully saturated rings. The highest BCUT2D eigenvalue weighted by molar-refractivity contribution is 5.79. The minimum Gasteiger partial charge on any atom is -0.497 e. The van der Waals surface area contributed by atoms with Gasteiger partial charge in [-0.15, -0.1) is 0 Å². The maximum atomic E-state index is 5.30. The van der Waals surface area contributed by atoms with Crippen LogP contribution in [0.25, 0.3) is 22.5 Å². The van der Waals surface area contributed by atoms with Gasteiger partial charge >= 0.3 is 0 Å². The van der Waals surface area contributed by atoms with E-state index in [1.807, 2.05) is 24.3 Å². The topological polar surface area (TPSA) is 36.3 Å². The third-order valence-corrected chi connectivity index (χ3v) is 4.81. The van der Waals surface area contributed by atoms with Crippen molar-refractivity contribution in [3.05, 3.63) is 54.4 Å². The molecule has 2 aromatic carbocycles. The molecule has 0 amide bonds. The van der Waals surface area contributed by atoms with E-state index in [1.165, 1.54) is 29.9 Å². The SMILES string of the molecule is COc1ccc(-c2nc3n(c2-c2ccc(OC)cc2)CCCC3)cc1. The molecule has 3 aromatic rings. The number of benzene rings is 2. The maximum Gasteiger partial charge on any atom is 0.118 e. The molecule has 4 heteroatoms. The summed E-state index contributed by atoms with van der Waals surface area (Å²) in [6, 6.07) is 16.4. The zero-order valence-electron chi connectivity index (χ0n) is 14.7. The monoisotopic (exact) mass is 334 g/mol. The van der Waals surface area contributed by atoms with Gasteiger partial charge in [-0.3, -0.25) is 0 Å². The number of nitrogens with zero attached hydrogens (tertiary/aromatic N) is 2. The lowest BCUT2D eigenvalue weighted by molar-refractivity contribution is 0.414. The Labute approximate surface area is 148 Å². The van der Waals surface area contributed by atoms with Crippen LogP contribution in [0.1, 0.15) is 18.7 Å². The molecule has 0 bridgehead atoms. The fourth-order valence-corrected chi connectivity index (χ4v) is 3.48. The van der Waals surface area contributed by atoms with Gasteiger partial charge in [0.1, 0.15) is 17.3 Å². The zero-order chi connectivity index (χ0) is 17.2. The van der Waals surface area contributed by atoms with Crippen molar-refractivity contribution in [2.24, 2.45) is 0 Å². The average Bonchev–Trinajstić information content (AvgIpc) is 3.07. The Bertz CT molecular complexity index is 864. The minimum absolute atomic E-state index is 0.860. The van der Waals surface area contributed by atoms with Crippen molar-refractivity contribution in [2.45, 2.75) is 25.8 Å². The Hall–Kier alpha value is -2.75. The molecule has 0 saturated heterocycles. The molecule has 0 atom stereocenters. The van der Waals surface area contributed by atoms with Crippen molar-refractivity contribution in [3.8, 4) is 34.0 Å². The molecule has 1 aromatic heterocycles. The second-order valence-electron chi connectivity index (χ2n) is 6.29. The summed E-state index contributed by atoms with van der Waals surface area (Å²) in [4.78, 5) is 4.99. The number of imidazole rings is 1. The quantitative estimate of drug-likeness (QED) is 0.701. The number of hydrogen-bond donors (Lipinski definition) is 0. The van der Waals surface area contributed by atoms with Gasteiger partial charge in [0.15, 0.2) is 0 Å². The molecule has 0 N–H and O–H groups in total. The molecule has 0 unspecified atom stereocenters. The van der Waals surface area contributed by atoms with Gasteiger partial charge in [0.05, 0.1) is 25.6 Å². The summed E-state index contributed by atoms with van der Waals surface area (Å²) < 4.78 is 13.0. The van der Waals surface area contributed by atoms with Gasteiger partial charge in [-0.05, 0) is 61.4 Å². The molecule has 2 heterocycles. The second-order valence-corrected chi connectivity index (χ2v) is 6.29. The van der Waals surface area contributed by atoms with Crippen LogP contribution in [-0.2, 0) is 13.0 Å². The largest absolute Gasteiger partial charge is 0.497 e. The van der Waals surface area contributed by atoms with Crippen molar-refractivity contribution in [2.75, 3.05) is 14.2 Å². The van der Waals surface area contributed by atoms with Crippen LogP contribution in [0.15, 0.2) is 48.5 Å². The summed E-state index contributed by atoms with van der Waals surface area (Å²) >= 11 is 0. The Morgan fingerprint density at radius 2 is 1.40 bits per heavy atom. The number of fused-ring (bicyclic) bond motifs is 1. The first-order valence-corrected chi connectivity index (χ1v) is 8.68. The maximum absolute atomic E-state index is 5.30. The summed E-state index contributed by atoms with van der Waals surface area (Å²) in [5, 5.41) is 0. The number of aryl methyl sites for hydroxylation is 1. The van der Waals surface area contributed by atoms with Crippen LogP contribution >= 0.6 is 0 Å². The van der Waals surface area contributed by atoms with Crippen LogP contribution in [-0.4, -0.2) is 23.8 Å². The number of methoxy groups -OCH3 is 2. The Balaban J connectivity index is 1.86. The van der Waals surface area contributed by atoms with E-state index in [2.05, 4.69) is 28.8 Å². The summed E-state index contributed by atoms with van der Waals surface area (Å²) in [7, 11) is 3.38. The highest BCUT2D eigenvalue weighted by atomic mass is 16.5. The Morgan fingerprint density at radius 1 is 0.800 bits per heavy atom. The number of rotatable bonds is 4. The molecule has 0 spiro atoms. The van der Waals surface area contributed by atoms with Crippen molar-refractivity contribution < 1.29 is 9.47 Å². The van der Waals surface area contributed by atoms with E-state index in [1.54, 1.807) is 14.2 Å². The number of hydrogen-bond acceptors (Lipinski definition) is 3. The summed E-state index contributed by atoms with van der Waals surface area (Å²) in [5.74, 6) is 2.91. The molecule has 4 rings (SSSR count). The van der Waals surface area contributed by atoms with Crippen LogP contribution < -0.4 is 9.47 Å². The molecule has 1 aliphatic rings. The van der Waals surface area contributed by atoms with E-state index < -0.39 is 0 Å². The summed E-state index contributed by atoms with van der Waals surface area (Å²) in [6.07, 6.45) is 3.45. The molecule has 4 nitrogen and oxygen atoms in total. The smallest absolute Gasteiger partial charge is 0.118 e. The second kappa shape index (κ2) is 6.63. The first-order chi connectivity index (χ1) is 12.3. The van der Waals surface area contributed by atoms with E-state index >= 15 is 0 Å². The van der Waals surface area contributed by atoms with Crippen LogP contribution in [0.3, 0.4) is 0 Å². The Morgan fingerprint density at radius 3 is 2.00 bits per heavy atom.